The largest absolute Gasteiger partial charge is 0.379 e. The van der Waals surface area contributed by atoms with Crippen LogP contribution in [-0.2, 0) is 9.47 Å². The molecule has 0 aromatic rings. The molecule has 2 unspecified atom stereocenters. The Balaban J connectivity index is 1.66. The van der Waals surface area contributed by atoms with Crippen LogP contribution in [0.3, 0.4) is 0 Å². The van der Waals surface area contributed by atoms with Crippen LogP contribution in [0.1, 0.15) is 59.3 Å². The van der Waals surface area contributed by atoms with Crippen molar-refractivity contribution in [2.24, 2.45) is 5.92 Å². The quantitative estimate of drug-likeness (QED) is 0.699. The van der Waals surface area contributed by atoms with Gasteiger partial charge in [0.05, 0.1) is 24.9 Å². The van der Waals surface area contributed by atoms with Gasteiger partial charge in [0.25, 0.3) is 0 Å². The first-order chi connectivity index (χ1) is 9.95. The van der Waals surface area contributed by atoms with Gasteiger partial charge in [-0.15, -0.1) is 0 Å². The minimum Gasteiger partial charge on any atom is -0.379 e. The third-order valence-corrected chi connectivity index (χ3v) is 4.43. The van der Waals surface area contributed by atoms with Gasteiger partial charge in [-0.3, -0.25) is 5.32 Å². The van der Waals surface area contributed by atoms with E-state index in [4.69, 9.17) is 9.47 Å². The Kier molecular flexibility index (Phi) is 5.65. The maximum absolute atomic E-state index is 9.62. The smallest absolute Gasteiger partial charge is 0.109 e. The van der Waals surface area contributed by atoms with Crippen LogP contribution in [0.5, 0.6) is 0 Å². The lowest BCUT2D eigenvalue weighted by atomic mass is 9.86. The third-order valence-electron chi connectivity index (χ3n) is 4.43. The molecule has 0 saturated heterocycles. The molecule has 2 rings (SSSR count). The second-order valence-corrected chi connectivity index (χ2v) is 7.45. The lowest BCUT2D eigenvalue weighted by molar-refractivity contribution is -0.0366. The fourth-order valence-corrected chi connectivity index (χ4v) is 3.16. The van der Waals surface area contributed by atoms with Gasteiger partial charge in [0, 0.05) is 12.6 Å². The Morgan fingerprint density at radius 3 is 2.57 bits per heavy atom. The molecule has 4 nitrogen and oxygen atoms in total. The van der Waals surface area contributed by atoms with Crippen LogP contribution in [0.4, 0.5) is 0 Å². The third kappa shape index (κ3) is 5.25. The maximum Gasteiger partial charge on any atom is 0.109 e. The lowest BCUT2D eigenvalue weighted by Gasteiger charge is -2.30. The summed E-state index contributed by atoms with van der Waals surface area (Å²) in [4.78, 5) is 0. The Labute approximate surface area is 129 Å². The number of nitriles is 1. The van der Waals surface area contributed by atoms with E-state index in [0.717, 1.165) is 32.3 Å². The molecule has 120 valence electrons. The summed E-state index contributed by atoms with van der Waals surface area (Å²) in [5.74, 6) is 0.437. The summed E-state index contributed by atoms with van der Waals surface area (Å²) in [6.07, 6.45) is 6.74. The summed E-state index contributed by atoms with van der Waals surface area (Å²) in [6, 6.07) is 3.17. The molecule has 0 bridgehead atoms. The second-order valence-electron chi connectivity index (χ2n) is 7.45. The summed E-state index contributed by atoms with van der Waals surface area (Å²) < 4.78 is 11.3. The van der Waals surface area contributed by atoms with Crippen LogP contribution in [0, 0.1) is 17.2 Å². The molecule has 2 atom stereocenters. The molecule has 0 aromatic carbocycles. The van der Waals surface area contributed by atoms with Crippen molar-refractivity contribution in [3.8, 4) is 6.07 Å². The van der Waals surface area contributed by atoms with Crippen LogP contribution >= 0.6 is 0 Å². The minimum absolute atomic E-state index is 0.0983. The molecule has 0 radical (unpaired) electrons. The van der Waals surface area contributed by atoms with Crippen LogP contribution in [0.15, 0.2) is 0 Å². The molecule has 2 aliphatic carbocycles. The zero-order valence-corrected chi connectivity index (χ0v) is 13.8. The molecule has 0 spiro atoms. The van der Waals surface area contributed by atoms with Gasteiger partial charge in [0.2, 0.25) is 0 Å². The number of hydrogen-bond acceptors (Lipinski definition) is 4. The second kappa shape index (κ2) is 7.09. The normalized spacial score (nSPS) is 29.5. The topological polar surface area (TPSA) is 54.3 Å². The van der Waals surface area contributed by atoms with Crippen LogP contribution in [-0.4, -0.2) is 37.0 Å². The Bertz CT molecular complexity index is 368. The molecule has 2 saturated carbocycles. The average molecular weight is 294 g/mol. The molecular weight excluding hydrogens is 264 g/mol. The zero-order valence-electron chi connectivity index (χ0n) is 13.8. The Morgan fingerprint density at radius 2 is 1.95 bits per heavy atom. The van der Waals surface area contributed by atoms with Crippen LogP contribution < -0.4 is 5.32 Å². The van der Waals surface area contributed by atoms with Crippen molar-refractivity contribution >= 4 is 0 Å². The van der Waals surface area contributed by atoms with E-state index in [0.29, 0.717) is 25.2 Å². The van der Waals surface area contributed by atoms with Crippen molar-refractivity contribution in [1.82, 2.24) is 5.32 Å². The lowest BCUT2D eigenvalue weighted by Crippen LogP contribution is -2.48. The summed E-state index contributed by atoms with van der Waals surface area (Å²) in [6.45, 7) is 8.16. The monoisotopic (exact) mass is 294 g/mol. The van der Waals surface area contributed by atoms with Crippen molar-refractivity contribution in [1.29, 1.82) is 5.26 Å². The summed E-state index contributed by atoms with van der Waals surface area (Å²) in [7, 11) is 0. The van der Waals surface area contributed by atoms with Gasteiger partial charge in [0.15, 0.2) is 0 Å². The van der Waals surface area contributed by atoms with E-state index >= 15 is 0 Å². The van der Waals surface area contributed by atoms with E-state index in [1.165, 1.54) is 12.8 Å². The zero-order chi connectivity index (χ0) is 15.3. The van der Waals surface area contributed by atoms with Gasteiger partial charge < -0.3 is 9.47 Å². The number of hydrogen-bond donors (Lipinski definition) is 1. The highest BCUT2D eigenvalue weighted by Crippen LogP contribution is 2.40. The molecule has 2 fully saturated rings. The first-order valence-corrected chi connectivity index (χ1v) is 8.36. The fraction of sp³-hybridized carbons (Fsp3) is 0.941. The minimum atomic E-state index is -0.285. The van der Waals surface area contributed by atoms with Crippen molar-refractivity contribution in [2.45, 2.75) is 76.5 Å². The van der Waals surface area contributed by atoms with Crippen molar-refractivity contribution in [3.05, 3.63) is 0 Å². The number of rotatable bonds is 8. The molecule has 2 aliphatic rings. The Hall–Kier alpha value is -0.630. The van der Waals surface area contributed by atoms with E-state index in [2.05, 4.69) is 32.2 Å². The molecule has 0 heterocycles. The van der Waals surface area contributed by atoms with Crippen LogP contribution in [0.2, 0.25) is 0 Å². The molecule has 0 aromatic heterocycles. The molecular formula is C17H30N2O2. The number of nitrogens with zero attached hydrogens (tertiary/aromatic N) is 1. The van der Waals surface area contributed by atoms with Crippen molar-refractivity contribution in [2.75, 3.05) is 19.8 Å². The van der Waals surface area contributed by atoms with E-state index in [9.17, 15) is 5.26 Å². The van der Waals surface area contributed by atoms with Crippen molar-refractivity contribution < 1.29 is 9.47 Å². The number of ether oxygens (including phenoxy) is 2. The van der Waals surface area contributed by atoms with Gasteiger partial charge in [-0.05, 0) is 58.8 Å². The first kappa shape index (κ1) is 16.7. The highest BCUT2D eigenvalue weighted by atomic mass is 16.5. The molecule has 0 amide bonds. The van der Waals surface area contributed by atoms with Gasteiger partial charge in [-0.1, -0.05) is 6.42 Å². The molecule has 0 aliphatic heterocycles. The van der Waals surface area contributed by atoms with E-state index in [1.807, 2.05) is 0 Å². The maximum atomic E-state index is 9.62. The van der Waals surface area contributed by atoms with Crippen molar-refractivity contribution in [3.63, 3.8) is 0 Å². The summed E-state index contributed by atoms with van der Waals surface area (Å²) in [5, 5.41) is 13.2. The molecule has 21 heavy (non-hydrogen) atoms. The molecule has 1 N–H and O–H groups in total. The van der Waals surface area contributed by atoms with Gasteiger partial charge in [0.1, 0.15) is 5.54 Å². The van der Waals surface area contributed by atoms with Gasteiger partial charge >= 0.3 is 0 Å². The summed E-state index contributed by atoms with van der Waals surface area (Å²) in [5.41, 5.74) is -0.384. The van der Waals surface area contributed by atoms with E-state index in [1.54, 1.807) is 0 Å². The predicted octanol–water partition coefficient (Wildman–Crippen LogP) is 3.02. The standard InChI is InChI=1S/C17H30N2O2/c1-16(2,3)21-12-11-20-10-8-14-5-4-9-17(14,13-18)19-15-6-7-15/h14-15,19H,4-12H2,1-3H3. The number of nitrogens with one attached hydrogen (secondary N) is 1. The fourth-order valence-electron chi connectivity index (χ4n) is 3.16. The highest BCUT2D eigenvalue weighted by molar-refractivity contribution is 5.16. The van der Waals surface area contributed by atoms with Gasteiger partial charge in [-0.25, -0.2) is 0 Å². The predicted molar refractivity (Wildman–Crippen MR) is 83.0 cm³/mol. The Morgan fingerprint density at radius 1 is 1.19 bits per heavy atom. The highest BCUT2D eigenvalue weighted by Gasteiger charge is 2.45. The first-order valence-electron chi connectivity index (χ1n) is 8.36. The SMILES string of the molecule is CC(C)(C)OCCOCCC1CCCC1(C#N)NC1CC1. The average Bonchev–Trinajstić information content (AvgIpc) is 3.13. The van der Waals surface area contributed by atoms with Crippen LogP contribution in [0.25, 0.3) is 0 Å². The van der Waals surface area contributed by atoms with Gasteiger partial charge in [-0.2, -0.15) is 5.26 Å². The van der Waals surface area contributed by atoms with E-state index < -0.39 is 0 Å². The summed E-state index contributed by atoms with van der Waals surface area (Å²) >= 11 is 0. The van der Waals surface area contributed by atoms with E-state index in [-0.39, 0.29) is 11.1 Å². The molecule has 4 heteroatoms.